The van der Waals surface area contributed by atoms with E-state index in [2.05, 4.69) is 0 Å². The lowest BCUT2D eigenvalue weighted by molar-refractivity contribution is -0.134. The predicted molar refractivity (Wildman–Crippen MR) is 116 cm³/mol. The topological polar surface area (TPSA) is 95.9 Å². The molecule has 1 saturated heterocycles. The zero-order valence-electron chi connectivity index (χ0n) is 17.1. The fourth-order valence-corrected chi connectivity index (χ4v) is 7.02. The quantitative estimate of drug-likeness (QED) is 0.536. The molecule has 2 N–H and O–H groups in total. The standard InChI is InChI=1S/C21H26N2O5S2/c1-21(2)19(20(24)22-25)23(18(13-14-29-21)15-7-5-4-6-8-15)30(26,27)17-11-9-16(28-3)10-12-17/h4-12,18-19,25H,13-14H2,1-3H3,(H,22,24)/t18-,19+/m1/s1. The number of hydrogen-bond donors (Lipinski definition) is 2. The molecule has 162 valence electrons. The minimum Gasteiger partial charge on any atom is -0.497 e. The Hall–Kier alpha value is -2.07. The van der Waals surface area contributed by atoms with Crippen molar-refractivity contribution in [3.63, 3.8) is 0 Å². The summed E-state index contributed by atoms with van der Waals surface area (Å²) in [6.07, 6.45) is 0.530. The van der Waals surface area contributed by atoms with Gasteiger partial charge in [0.2, 0.25) is 10.0 Å². The zero-order valence-corrected chi connectivity index (χ0v) is 18.7. The first-order valence-electron chi connectivity index (χ1n) is 9.53. The van der Waals surface area contributed by atoms with Crippen molar-refractivity contribution in [2.24, 2.45) is 0 Å². The molecule has 3 rings (SSSR count). The van der Waals surface area contributed by atoms with Crippen LogP contribution in [0.15, 0.2) is 59.5 Å². The molecule has 30 heavy (non-hydrogen) atoms. The average Bonchev–Trinajstić information content (AvgIpc) is 2.89. The molecule has 2 aromatic rings. The lowest BCUT2D eigenvalue weighted by Crippen LogP contribution is -2.57. The van der Waals surface area contributed by atoms with E-state index in [1.165, 1.54) is 35.3 Å². The number of ether oxygens (including phenoxy) is 1. The number of sulfonamides is 1. The van der Waals surface area contributed by atoms with Crippen LogP contribution in [0.5, 0.6) is 5.75 Å². The van der Waals surface area contributed by atoms with Crippen molar-refractivity contribution in [1.82, 2.24) is 9.79 Å². The highest BCUT2D eigenvalue weighted by molar-refractivity contribution is 8.00. The Balaban J connectivity index is 2.21. The number of nitrogens with one attached hydrogen (secondary N) is 1. The smallest absolute Gasteiger partial charge is 0.263 e. The normalized spacial score (nSPS) is 22.1. The molecule has 1 aliphatic rings. The third-order valence-electron chi connectivity index (χ3n) is 5.26. The van der Waals surface area contributed by atoms with E-state index in [0.717, 1.165) is 5.56 Å². The first-order chi connectivity index (χ1) is 14.2. The molecule has 2 aromatic carbocycles. The van der Waals surface area contributed by atoms with Crippen LogP contribution in [-0.4, -0.2) is 47.5 Å². The van der Waals surface area contributed by atoms with Crippen LogP contribution in [0.3, 0.4) is 0 Å². The number of hydroxylamine groups is 1. The van der Waals surface area contributed by atoms with Crippen molar-refractivity contribution >= 4 is 27.7 Å². The van der Waals surface area contributed by atoms with E-state index in [-0.39, 0.29) is 4.90 Å². The summed E-state index contributed by atoms with van der Waals surface area (Å²) >= 11 is 1.51. The summed E-state index contributed by atoms with van der Waals surface area (Å²) < 4.78 is 33.3. The molecule has 0 radical (unpaired) electrons. The highest BCUT2D eigenvalue weighted by atomic mass is 32.2. The maximum absolute atomic E-state index is 13.9. The molecule has 0 bridgehead atoms. The summed E-state index contributed by atoms with van der Waals surface area (Å²) in [6, 6.07) is 13.7. The maximum atomic E-state index is 13.9. The number of carbonyl (C=O) groups excluding carboxylic acids is 1. The molecule has 2 atom stereocenters. The van der Waals surface area contributed by atoms with Crippen molar-refractivity contribution in [3.05, 3.63) is 60.2 Å². The lowest BCUT2D eigenvalue weighted by Gasteiger charge is -2.40. The van der Waals surface area contributed by atoms with Gasteiger partial charge in [0.15, 0.2) is 0 Å². The van der Waals surface area contributed by atoms with Gasteiger partial charge in [-0.3, -0.25) is 10.0 Å². The fourth-order valence-electron chi connectivity index (χ4n) is 3.78. The Morgan fingerprint density at radius 1 is 1.17 bits per heavy atom. The molecule has 0 aromatic heterocycles. The SMILES string of the molecule is COc1ccc(S(=O)(=O)N2[C@@H](c3ccccc3)CCSC(C)(C)[C@@H]2C(=O)NO)cc1. The molecule has 1 aliphatic heterocycles. The van der Waals surface area contributed by atoms with Crippen LogP contribution < -0.4 is 10.2 Å². The number of carbonyl (C=O) groups is 1. The van der Waals surface area contributed by atoms with E-state index < -0.39 is 32.8 Å². The van der Waals surface area contributed by atoms with Gasteiger partial charge in [-0.15, -0.1) is 0 Å². The van der Waals surface area contributed by atoms with Crippen LogP contribution in [0.2, 0.25) is 0 Å². The number of methoxy groups -OCH3 is 1. The van der Waals surface area contributed by atoms with Gasteiger partial charge in [-0.05, 0) is 55.9 Å². The second kappa shape index (κ2) is 8.97. The van der Waals surface area contributed by atoms with Crippen molar-refractivity contribution in [1.29, 1.82) is 0 Å². The summed E-state index contributed by atoms with van der Waals surface area (Å²) in [5.41, 5.74) is 2.48. The molecule has 0 aliphatic carbocycles. The van der Waals surface area contributed by atoms with Gasteiger partial charge in [-0.1, -0.05) is 30.3 Å². The number of benzene rings is 2. The number of hydrogen-bond acceptors (Lipinski definition) is 6. The first kappa shape index (κ1) is 22.6. The second-order valence-electron chi connectivity index (χ2n) is 7.56. The van der Waals surface area contributed by atoms with Gasteiger partial charge in [0.25, 0.3) is 5.91 Å². The average molecular weight is 451 g/mol. The van der Waals surface area contributed by atoms with Gasteiger partial charge >= 0.3 is 0 Å². The Kier molecular flexibility index (Phi) is 6.76. The number of rotatable bonds is 5. The second-order valence-corrected chi connectivity index (χ2v) is 11.1. The van der Waals surface area contributed by atoms with Crippen LogP contribution >= 0.6 is 11.8 Å². The molecule has 0 spiro atoms. The van der Waals surface area contributed by atoms with Gasteiger partial charge in [0.1, 0.15) is 11.8 Å². The number of amides is 1. The Morgan fingerprint density at radius 2 is 1.80 bits per heavy atom. The van der Waals surface area contributed by atoms with E-state index in [4.69, 9.17) is 4.74 Å². The van der Waals surface area contributed by atoms with Crippen LogP contribution in [-0.2, 0) is 14.8 Å². The van der Waals surface area contributed by atoms with Crippen molar-refractivity contribution < 1.29 is 23.2 Å². The third kappa shape index (κ3) is 4.34. The monoisotopic (exact) mass is 450 g/mol. The Morgan fingerprint density at radius 3 is 2.37 bits per heavy atom. The third-order valence-corrected chi connectivity index (χ3v) is 8.56. The van der Waals surface area contributed by atoms with Gasteiger partial charge in [0.05, 0.1) is 18.0 Å². The summed E-state index contributed by atoms with van der Waals surface area (Å²) in [4.78, 5) is 12.9. The first-order valence-corrected chi connectivity index (χ1v) is 12.0. The van der Waals surface area contributed by atoms with Crippen LogP contribution in [0.4, 0.5) is 0 Å². The number of nitrogens with zero attached hydrogens (tertiary/aromatic N) is 1. The summed E-state index contributed by atoms with van der Waals surface area (Å²) in [5, 5.41) is 9.44. The summed E-state index contributed by atoms with van der Waals surface area (Å²) in [6.45, 7) is 3.64. The molecule has 1 fully saturated rings. The fraction of sp³-hybridized carbons (Fsp3) is 0.381. The van der Waals surface area contributed by atoms with Gasteiger partial charge in [-0.2, -0.15) is 16.1 Å². The summed E-state index contributed by atoms with van der Waals surface area (Å²) in [7, 11) is -2.59. The molecule has 0 unspecified atom stereocenters. The van der Waals surface area contributed by atoms with Crippen LogP contribution in [0.25, 0.3) is 0 Å². The molecular weight excluding hydrogens is 424 g/mol. The van der Waals surface area contributed by atoms with E-state index in [1.807, 2.05) is 44.2 Å². The van der Waals surface area contributed by atoms with E-state index in [9.17, 15) is 18.4 Å². The van der Waals surface area contributed by atoms with Crippen LogP contribution in [0.1, 0.15) is 31.9 Å². The molecular formula is C21H26N2O5S2. The van der Waals surface area contributed by atoms with Crippen molar-refractivity contribution in [3.8, 4) is 5.75 Å². The van der Waals surface area contributed by atoms with E-state index in [1.54, 1.807) is 17.6 Å². The number of thioether (sulfide) groups is 1. The lowest BCUT2D eigenvalue weighted by atomic mass is 9.98. The highest BCUT2D eigenvalue weighted by Gasteiger charge is 2.50. The largest absolute Gasteiger partial charge is 0.497 e. The molecule has 9 heteroatoms. The van der Waals surface area contributed by atoms with Crippen LogP contribution in [0, 0.1) is 0 Å². The predicted octanol–water partition coefficient (Wildman–Crippen LogP) is 3.22. The van der Waals surface area contributed by atoms with Gasteiger partial charge in [-0.25, -0.2) is 13.9 Å². The maximum Gasteiger partial charge on any atom is 0.263 e. The van der Waals surface area contributed by atoms with Gasteiger partial charge in [0, 0.05) is 4.75 Å². The molecule has 1 amide bonds. The van der Waals surface area contributed by atoms with Crippen molar-refractivity contribution in [2.45, 2.75) is 42.0 Å². The Labute approximate surface area is 181 Å². The minimum absolute atomic E-state index is 0.0580. The molecule has 1 heterocycles. The zero-order chi connectivity index (χ0) is 21.9. The molecule has 0 saturated carbocycles. The highest BCUT2D eigenvalue weighted by Crippen LogP contribution is 2.44. The molecule has 7 nitrogen and oxygen atoms in total. The van der Waals surface area contributed by atoms with Crippen molar-refractivity contribution in [2.75, 3.05) is 12.9 Å². The van der Waals surface area contributed by atoms with E-state index in [0.29, 0.717) is 17.9 Å². The summed E-state index contributed by atoms with van der Waals surface area (Å²) in [5.74, 6) is 0.438. The minimum atomic E-state index is -4.09. The Bertz CT molecular complexity index is 978. The van der Waals surface area contributed by atoms with E-state index >= 15 is 0 Å². The van der Waals surface area contributed by atoms with Gasteiger partial charge < -0.3 is 4.74 Å².